The number of hydrogen-bond acceptors (Lipinski definition) is 1. The Morgan fingerprint density at radius 3 is 2.18 bits per heavy atom. The molecule has 1 nitrogen and oxygen atoms in total. The smallest absolute Gasteiger partial charge is 0.201 e. The fourth-order valence-corrected chi connectivity index (χ4v) is 4.76. The number of rotatable bonds is 4. The SMILES string of the molecule is CCOc1ccc(-c2ccc(C3=CCC4C(C)CCC34)c(F)c2F)c(F)c1F. The highest BCUT2D eigenvalue weighted by molar-refractivity contribution is 5.74. The molecule has 0 aromatic heterocycles. The molecule has 148 valence electrons. The van der Waals surface area contributed by atoms with E-state index in [-0.39, 0.29) is 35.0 Å². The molecule has 0 aliphatic heterocycles. The summed E-state index contributed by atoms with van der Waals surface area (Å²) in [6, 6.07) is 5.26. The Bertz CT molecular complexity index is 950. The van der Waals surface area contributed by atoms with Crippen molar-refractivity contribution in [3.05, 3.63) is 59.2 Å². The molecule has 2 aromatic carbocycles. The van der Waals surface area contributed by atoms with Gasteiger partial charge in [0.05, 0.1) is 6.61 Å². The molecule has 3 unspecified atom stereocenters. The minimum atomic E-state index is -1.25. The Kier molecular flexibility index (Phi) is 4.94. The maximum absolute atomic E-state index is 14.9. The summed E-state index contributed by atoms with van der Waals surface area (Å²) < 4.78 is 63.4. The van der Waals surface area contributed by atoms with Crippen LogP contribution < -0.4 is 4.74 Å². The van der Waals surface area contributed by atoms with Gasteiger partial charge in [-0.1, -0.05) is 25.1 Å². The summed E-state index contributed by atoms with van der Waals surface area (Å²) in [4.78, 5) is 0. The first-order valence-electron chi connectivity index (χ1n) is 9.73. The predicted octanol–water partition coefficient (Wildman–Crippen LogP) is 6.76. The highest BCUT2D eigenvalue weighted by Crippen LogP contribution is 2.51. The quantitative estimate of drug-likeness (QED) is 0.524. The Hall–Kier alpha value is -2.30. The standard InChI is InChI=1S/C23H22F4O/c1-3-28-19-11-10-18(22(26)23(19)27)17-9-8-16(20(24)21(17)25)15-7-6-13-12(2)4-5-14(13)15/h7-14H,3-6H2,1-2H3. The first-order chi connectivity index (χ1) is 13.4. The Balaban J connectivity index is 1.73. The van der Waals surface area contributed by atoms with E-state index in [1.807, 2.05) is 6.08 Å². The van der Waals surface area contributed by atoms with Gasteiger partial charge in [0.2, 0.25) is 5.82 Å². The van der Waals surface area contributed by atoms with Gasteiger partial charge < -0.3 is 4.74 Å². The third-order valence-corrected chi connectivity index (χ3v) is 6.22. The summed E-state index contributed by atoms with van der Waals surface area (Å²) in [5, 5.41) is 0. The molecule has 3 atom stereocenters. The molecule has 1 saturated carbocycles. The second kappa shape index (κ2) is 7.26. The van der Waals surface area contributed by atoms with E-state index in [4.69, 9.17) is 4.74 Å². The van der Waals surface area contributed by atoms with E-state index >= 15 is 0 Å². The van der Waals surface area contributed by atoms with Gasteiger partial charge in [-0.25, -0.2) is 13.2 Å². The monoisotopic (exact) mass is 390 g/mol. The van der Waals surface area contributed by atoms with Crippen LogP contribution >= 0.6 is 0 Å². The molecule has 2 aliphatic rings. The third kappa shape index (κ3) is 2.92. The van der Waals surface area contributed by atoms with E-state index in [0.717, 1.165) is 24.8 Å². The molecule has 28 heavy (non-hydrogen) atoms. The topological polar surface area (TPSA) is 9.23 Å². The molecular formula is C23H22F4O. The van der Waals surface area contributed by atoms with Crippen LogP contribution in [-0.4, -0.2) is 6.61 Å². The van der Waals surface area contributed by atoms with Gasteiger partial charge in [0, 0.05) is 16.7 Å². The van der Waals surface area contributed by atoms with Crippen molar-refractivity contribution in [3.63, 3.8) is 0 Å². The van der Waals surface area contributed by atoms with Crippen LogP contribution in [0, 0.1) is 41.0 Å². The average molecular weight is 390 g/mol. The summed E-state index contributed by atoms with van der Waals surface area (Å²) in [6.07, 6.45) is 4.94. The molecule has 0 bridgehead atoms. The van der Waals surface area contributed by atoms with Crippen LogP contribution in [0.25, 0.3) is 16.7 Å². The van der Waals surface area contributed by atoms with Crippen LogP contribution in [0.2, 0.25) is 0 Å². The van der Waals surface area contributed by atoms with Crippen molar-refractivity contribution in [1.29, 1.82) is 0 Å². The summed E-state index contributed by atoms with van der Waals surface area (Å²) in [5.74, 6) is -3.56. The fourth-order valence-electron chi connectivity index (χ4n) is 4.76. The molecule has 2 aliphatic carbocycles. The summed E-state index contributed by atoms with van der Waals surface area (Å²) in [5.41, 5.74) is 0.456. The van der Waals surface area contributed by atoms with Crippen molar-refractivity contribution in [3.8, 4) is 16.9 Å². The third-order valence-electron chi connectivity index (χ3n) is 6.22. The Morgan fingerprint density at radius 2 is 1.46 bits per heavy atom. The van der Waals surface area contributed by atoms with Gasteiger partial charge in [0.1, 0.15) is 0 Å². The zero-order valence-electron chi connectivity index (χ0n) is 15.9. The maximum Gasteiger partial charge on any atom is 0.201 e. The van der Waals surface area contributed by atoms with Crippen molar-refractivity contribution in [2.75, 3.05) is 6.61 Å². The lowest BCUT2D eigenvalue weighted by molar-refractivity contribution is 0.314. The lowest BCUT2D eigenvalue weighted by Gasteiger charge is -2.18. The Morgan fingerprint density at radius 1 is 0.857 bits per heavy atom. The van der Waals surface area contributed by atoms with E-state index in [2.05, 4.69) is 6.92 Å². The van der Waals surface area contributed by atoms with Gasteiger partial charge in [0.25, 0.3) is 0 Å². The first-order valence-corrected chi connectivity index (χ1v) is 9.73. The van der Waals surface area contributed by atoms with Gasteiger partial charge in [-0.15, -0.1) is 0 Å². The number of ether oxygens (including phenoxy) is 1. The van der Waals surface area contributed by atoms with Crippen molar-refractivity contribution in [2.45, 2.75) is 33.1 Å². The fraction of sp³-hybridized carbons (Fsp3) is 0.391. The van der Waals surface area contributed by atoms with Crippen molar-refractivity contribution in [2.24, 2.45) is 17.8 Å². The number of allylic oxidation sites excluding steroid dienone is 2. The zero-order chi connectivity index (χ0) is 20.0. The lowest BCUT2D eigenvalue weighted by atomic mass is 9.87. The second-order valence-corrected chi connectivity index (χ2v) is 7.68. The highest BCUT2D eigenvalue weighted by Gasteiger charge is 2.39. The van der Waals surface area contributed by atoms with Crippen LogP contribution in [0.5, 0.6) is 5.75 Å². The molecule has 0 radical (unpaired) electrons. The van der Waals surface area contributed by atoms with E-state index in [1.54, 1.807) is 6.92 Å². The predicted molar refractivity (Wildman–Crippen MR) is 101 cm³/mol. The van der Waals surface area contributed by atoms with Gasteiger partial charge in [0.15, 0.2) is 23.2 Å². The summed E-state index contributed by atoms with van der Waals surface area (Å²) in [7, 11) is 0. The van der Waals surface area contributed by atoms with Crippen LogP contribution in [0.1, 0.15) is 38.7 Å². The van der Waals surface area contributed by atoms with Crippen LogP contribution in [0.3, 0.4) is 0 Å². The maximum atomic E-state index is 14.9. The van der Waals surface area contributed by atoms with Crippen molar-refractivity contribution in [1.82, 2.24) is 0 Å². The minimum absolute atomic E-state index is 0.170. The molecule has 5 heteroatoms. The summed E-state index contributed by atoms with van der Waals surface area (Å²) in [6.45, 7) is 4.01. The van der Waals surface area contributed by atoms with Crippen LogP contribution in [0.4, 0.5) is 17.6 Å². The Labute approximate surface area is 162 Å². The van der Waals surface area contributed by atoms with Gasteiger partial charge in [-0.3, -0.25) is 0 Å². The number of hydrogen-bond donors (Lipinski definition) is 0. The number of fused-ring (bicyclic) bond motifs is 1. The minimum Gasteiger partial charge on any atom is -0.491 e. The average Bonchev–Trinajstić information content (AvgIpc) is 3.26. The van der Waals surface area contributed by atoms with Gasteiger partial charge in [-0.05, 0) is 61.6 Å². The normalized spacial score (nSPS) is 23.6. The number of halogens is 4. The largest absolute Gasteiger partial charge is 0.491 e. The zero-order valence-corrected chi connectivity index (χ0v) is 15.9. The van der Waals surface area contributed by atoms with Crippen LogP contribution in [-0.2, 0) is 0 Å². The van der Waals surface area contributed by atoms with Crippen molar-refractivity contribution >= 4 is 5.57 Å². The van der Waals surface area contributed by atoms with E-state index in [0.29, 0.717) is 11.8 Å². The highest BCUT2D eigenvalue weighted by atomic mass is 19.2. The van der Waals surface area contributed by atoms with Crippen LogP contribution in [0.15, 0.2) is 30.3 Å². The molecule has 1 fully saturated rings. The molecule has 0 heterocycles. The molecular weight excluding hydrogens is 368 g/mol. The van der Waals surface area contributed by atoms with Gasteiger partial charge in [-0.2, -0.15) is 4.39 Å². The van der Waals surface area contributed by atoms with E-state index < -0.39 is 23.3 Å². The summed E-state index contributed by atoms with van der Waals surface area (Å²) >= 11 is 0. The first kappa shape index (κ1) is 19.0. The molecule has 0 spiro atoms. The van der Waals surface area contributed by atoms with E-state index in [9.17, 15) is 17.6 Å². The number of benzene rings is 2. The molecule has 0 N–H and O–H groups in total. The lowest BCUT2D eigenvalue weighted by Crippen LogP contribution is -2.09. The van der Waals surface area contributed by atoms with Crippen molar-refractivity contribution < 1.29 is 22.3 Å². The molecule has 0 amide bonds. The van der Waals surface area contributed by atoms with E-state index in [1.165, 1.54) is 24.3 Å². The van der Waals surface area contributed by atoms with Gasteiger partial charge >= 0.3 is 0 Å². The molecule has 0 saturated heterocycles. The molecule has 4 rings (SSSR count). The second-order valence-electron chi connectivity index (χ2n) is 7.68. The molecule has 2 aromatic rings.